The first-order chi connectivity index (χ1) is 24.4. The van der Waals surface area contributed by atoms with E-state index in [4.69, 9.17) is 0 Å². The number of carbonyl (C=O) groups is 2. The van der Waals surface area contributed by atoms with Crippen LogP contribution in [-0.4, -0.2) is 79.8 Å². The van der Waals surface area contributed by atoms with E-state index in [1.54, 1.807) is 0 Å². The molecule has 4 nitrogen and oxygen atoms in total. The van der Waals surface area contributed by atoms with Gasteiger partial charge >= 0.3 is 0 Å². The largest absolute Gasteiger partial charge is 0.502 e. The summed E-state index contributed by atoms with van der Waals surface area (Å²) >= 11 is 0. The van der Waals surface area contributed by atoms with Gasteiger partial charge in [-0.2, -0.15) is 0 Å². The standard InChI is InChI=1S/C22H56O4Si8.4C5H5.2Sc/c1-27(2,3)33(28(4,5)6,29(7,8)9)21(25)19(23)20(24)22(26)34(30(10,11)12,31(13,14)15)32(16,17)18;4*1-2-4-5-3-1;;/h23-24H,1-18H3;4*1-5H;;/b20-19+;;;;;;. The number of carbonyl (C=O) groups excluding carboxylic acids is 2. The van der Waals surface area contributed by atoms with Gasteiger partial charge in [0.25, 0.3) is 0 Å². The van der Waals surface area contributed by atoms with E-state index in [-0.39, 0.29) is 62.5 Å². The Labute approximate surface area is 395 Å². The van der Waals surface area contributed by atoms with Gasteiger partial charge in [-0.1, -0.05) is 118 Å². The molecular weight excluding hydrogens is 883 g/mol. The molecule has 56 heavy (non-hydrogen) atoms. The van der Waals surface area contributed by atoms with Crippen LogP contribution in [0.4, 0.5) is 0 Å². The van der Waals surface area contributed by atoms with E-state index in [0.29, 0.717) is 0 Å². The average Bonchev–Trinajstić information content (AvgIpc) is 3.84. The molecule has 306 valence electrons. The smallest absolute Gasteiger partial charge is 0.198 e. The zero-order valence-corrected chi connectivity index (χ0v) is 50.0. The molecule has 14 heteroatoms. The molecule has 0 amide bonds. The monoisotopic (exact) mass is 958 g/mol. The van der Waals surface area contributed by atoms with E-state index in [0.717, 1.165) is 0 Å². The van der Waals surface area contributed by atoms with Gasteiger partial charge < -0.3 is 10.2 Å². The quantitative estimate of drug-likeness (QED) is 0.130. The van der Waals surface area contributed by atoms with Crippen molar-refractivity contribution in [1.29, 1.82) is 0 Å². The number of rotatable bonds is 10. The summed E-state index contributed by atoms with van der Waals surface area (Å²) in [6.07, 6.45) is 40.0. The molecule has 0 heterocycles. The maximum Gasteiger partial charge on any atom is 0.198 e. The third-order valence-electron chi connectivity index (χ3n) is 10.3. The van der Waals surface area contributed by atoms with Crippen molar-refractivity contribution in [2.24, 2.45) is 0 Å². The molecule has 4 fully saturated rings. The van der Waals surface area contributed by atoms with Crippen molar-refractivity contribution in [2.75, 3.05) is 0 Å². The van der Waals surface area contributed by atoms with Crippen molar-refractivity contribution in [2.45, 2.75) is 118 Å². The Morgan fingerprint density at radius 1 is 0.268 bits per heavy atom. The number of hydrogen-bond donors (Lipinski definition) is 2. The zero-order valence-electron chi connectivity index (χ0n) is 38.4. The molecule has 0 saturated heterocycles. The number of aliphatic hydroxyl groups is 2. The van der Waals surface area contributed by atoms with Gasteiger partial charge in [-0.3, -0.25) is 9.59 Å². The minimum atomic E-state index is -2.67. The number of hydrogen-bond acceptors (Lipinski definition) is 4. The second-order valence-electron chi connectivity index (χ2n) is 20.2. The van der Waals surface area contributed by atoms with Crippen LogP contribution >= 0.6 is 0 Å². The van der Waals surface area contributed by atoms with Crippen molar-refractivity contribution >= 4 is 69.6 Å². The molecule has 22 radical (unpaired) electrons. The fourth-order valence-electron chi connectivity index (χ4n) is 10.6. The van der Waals surface area contributed by atoms with E-state index in [9.17, 15) is 19.8 Å². The molecule has 4 aliphatic rings. The fourth-order valence-corrected chi connectivity index (χ4v) is 206. The molecule has 0 spiro atoms. The zero-order chi connectivity index (χ0) is 42.5. The van der Waals surface area contributed by atoms with Crippen molar-refractivity contribution in [3.8, 4) is 0 Å². The van der Waals surface area contributed by atoms with Crippen LogP contribution < -0.4 is 0 Å². The van der Waals surface area contributed by atoms with E-state index < -0.39 is 70.3 Å². The summed E-state index contributed by atoms with van der Waals surface area (Å²) in [7, 11) is -12.2. The molecule has 4 saturated carbocycles. The molecule has 4 rings (SSSR count). The molecule has 0 unspecified atom stereocenters. The second-order valence-corrected chi connectivity index (χ2v) is 101. The summed E-state index contributed by atoms with van der Waals surface area (Å²) in [6.45, 7) is 35.8. The van der Waals surface area contributed by atoms with Gasteiger partial charge in [-0.25, -0.2) is 0 Å². The summed E-state index contributed by atoms with van der Waals surface area (Å²) in [6, 6.07) is 0. The Morgan fingerprint density at radius 3 is 0.429 bits per heavy atom. The van der Waals surface area contributed by atoms with E-state index in [1.807, 2.05) is 128 Å². The predicted octanol–water partition coefficient (Wildman–Crippen LogP) is 11.0. The van der Waals surface area contributed by atoms with Crippen molar-refractivity contribution in [3.05, 3.63) is 140 Å². The first kappa shape index (κ1) is 62.4. The topological polar surface area (TPSA) is 74.6 Å². The molecule has 0 aromatic heterocycles. The minimum Gasteiger partial charge on any atom is -0.502 e. The summed E-state index contributed by atoms with van der Waals surface area (Å²) in [5.41, 5.74) is 0. The first-order valence-electron chi connectivity index (χ1n) is 19.3. The van der Waals surface area contributed by atoms with Crippen molar-refractivity contribution < 1.29 is 71.5 Å². The van der Waals surface area contributed by atoms with Crippen LogP contribution in [0.3, 0.4) is 0 Å². The van der Waals surface area contributed by atoms with Crippen LogP contribution in [0.25, 0.3) is 0 Å². The SMILES string of the molecule is C[Si](C)(C)[Si](C(=O)/C(O)=C(\O)C(=O)[Si]([Si](C)(C)C)([Si](C)(C)C)[Si](C)(C)C)([Si](C)(C)C)[Si](C)(C)C.[CH]1[CH][CH][CH][CH]1.[CH]1[CH][CH][CH][CH]1.[CH]1[CH][CH][CH][CH]1.[CH]1[CH][CH][CH][CH]1.[Sc].[Sc]. The summed E-state index contributed by atoms with van der Waals surface area (Å²) < 4.78 is 0. The molecule has 0 bridgehead atoms. The molecule has 0 atom stereocenters. The number of allylic oxidation sites excluding steroid dienone is 2. The van der Waals surface area contributed by atoms with Gasteiger partial charge in [-0.15, -0.1) is 0 Å². The van der Waals surface area contributed by atoms with Crippen LogP contribution in [0, 0.1) is 128 Å². The summed E-state index contributed by atoms with van der Waals surface area (Å²) in [5, 5.41) is 22.8. The first-order valence-corrected chi connectivity index (χ1v) is 50.3. The Morgan fingerprint density at radius 2 is 0.357 bits per heavy atom. The van der Waals surface area contributed by atoms with Crippen LogP contribution in [0.1, 0.15) is 0 Å². The van der Waals surface area contributed by atoms with Gasteiger partial charge in [-0.05, 0) is 128 Å². The van der Waals surface area contributed by atoms with Gasteiger partial charge in [0.05, 0.1) is 0 Å². The van der Waals surface area contributed by atoms with E-state index in [2.05, 4.69) is 118 Å². The maximum atomic E-state index is 14.5. The molecule has 0 aliphatic heterocycles. The Balaban J connectivity index is -0.00000100. The van der Waals surface area contributed by atoms with Gasteiger partial charge in [0.2, 0.25) is 0 Å². The molecular formula is C42H76O4Sc2Si8. The minimum absolute atomic E-state index is 0. The normalized spacial score (nSPS) is 18.5. The summed E-state index contributed by atoms with van der Waals surface area (Å²) in [4.78, 5) is 29.0. The summed E-state index contributed by atoms with van der Waals surface area (Å²) in [5.74, 6) is -1.12. The van der Waals surface area contributed by atoms with Crippen LogP contribution in [0.5, 0.6) is 0 Å². The molecule has 4 aliphatic carbocycles. The van der Waals surface area contributed by atoms with Gasteiger partial charge in [0.1, 0.15) is 13.3 Å². The second kappa shape index (κ2) is 26.7. The predicted molar refractivity (Wildman–Crippen MR) is 260 cm³/mol. The van der Waals surface area contributed by atoms with Crippen LogP contribution in [0.2, 0.25) is 118 Å². The van der Waals surface area contributed by atoms with E-state index in [1.165, 1.54) is 0 Å². The number of aliphatic hydroxyl groups excluding tert-OH is 2. The molecule has 0 aromatic rings. The van der Waals surface area contributed by atoms with E-state index >= 15 is 0 Å². The van der Waals surface area contributed by atoms with Crippen LogP contribution in [0.15, 0.2) is 11.5 Å². The maximum absolute atomic E-state index is 14.5. The van der Waals surface area contributed by atoms with Gasteiger partial charge in [0.15, 0.2) is 22.3 Å². The third kappa shape index (κ3) is 17.0. The van der Waals surface area contributed by atoms with Crippen molar-refractivity contribution in [3.63, 3.8) is 0 Å². The Kier molecular flexibility index (Phi) is 29.8. The van der Waals surface area contributed by atoms with Crippen molar-refractivity contribution in [1.82, 2.24) is 0 Å². The van der Waals surface area contributed by atoms with Crippen LogP contribution in [-0.2, 0) is 61.3 Å². The third-order valence-corrected chi connectivity index (χ3v) is 151. The van der Waals surface area contributed by atoms with Gasteiger partial charge in [0, 0.05) is 97.2 Å². The Bertz CT molecular complexity index is 944. The average molecular weight is 960 g/mol. The Hall–Kier alpha value is 2.16. The molecule has 0 aromatic carbocycles. The fraction of sp³-hybridized carbons (Fsp3) is 0.429. The molecule has 2 N–H and O–H groups in total.